The first-order valence-electron chi connectivity index (χ1n) is 5.78. The van der Waals surface area contributed by atoms with Gasteiger partial charge in [-0.15, -0.1) is 0 Å². The minimum Gasteiger partial charge on any atom is -0.383 e. The lowest BCUT2D eigenvalue weighted by molar-refractivity contribution is -0.121. The summed E-state index contributed by atoms with van der Waals surface area (Å²) >= 11 is 3.31. The lowest BCUT2D eigenvalue weighted by Gasteiger charge is -2.17. The first-order chi connectivity index (χ1) is 8.95. The van der Waals surface area contributed by atoms with Crippen molar-refractivity contribution in [1.82, 2.24) is 14.8 Å². The van der Waals surface area contributed by atoms with Gasteiger partial charge in [0, 0.05) is 38.4 Å². The highest BCUT2D eigenvalue weighted by atomic mass is 79.9. The Hall–Kier alpha value is -1.34. The van der Waals surface area contributed by atoms with Crippen molar-refractivity contribution in [2.75, 3.05) is 33.9 Å². The second kappa shape index (κ2) is 7.30. The summed E-state index contributed by atoms with van der Waals surface area (Å²) in [5, 5.41) is 2.67. The summed E-state index contributed by atoms with van der Waals surface area (Å²) in [6.45, 7) is 0.909. The molecule has 0 aliphatic rings. The van der Waals surface area contributed by atoms with Crippen LogP contribution < -0.4 is 5.32 Å². The molecule has 19 heavy (non-hydrogen) atoms. The van der Waals surface area contributed by atoms with Crippen LogP contribution >= 0.6 is 15.9 Å². The number of hydrogen-bond acceptors (Lipinski definition) is 3. The van der Waals surface area contributed by atoms with E-state index in [2.05, 4.69) is 21.2 Å². The van der Waals surface area contributed by atoms with E-state index in [-0.39, 0.29) is 18.4 Å². The van der Waals surface area contributed by atoms with Gasteiger partial charge < -0.3 is 19.5 Å². The molecule has 0 unspecified atom stereocenters. The van der Waals surface area contributed by atoms with Crippen molar-refractivity contribution in [2.45, 2.75) is 0 Å². The fourth-order valence-electron chi connectivity index (χ4n) is 1.57. The molecule has 0 saturated carbocycles. The summed E-state index contributed by atoms with van der Waals surface area (Å²) < 4.78 is 7.37. The van der Waals surface area contributed by atoms with Gasteiger partial charge in [-0.3, -0.25) is 9.59 Å². The van der Waals surface area contributed by atoms with Crippen molar-refractivity contribution < 1.29 is 14.3 Å². The van der Waals surface area contributed by atoms with Gasteiger partial charge in [-0.1, -0.05) is 0 Å². The molecule has 0 fully saturated rings. The van der Waals surface area contributed by atoms with Crippen LogP contribution in [0.3, 0.4) is 0 Å². The van der Waals surface area contributed by atoms with E-state index in [9.17, 15) is 9.59 Å². The Bertz CT molecular complexity index is 459. The predicted octanol–water partition coefficient (Wildman–Crippen LogP) is 0.622. The van der Waals surface area contributed by atoms with E-state index in [4.69, 9.17) is 4.74 Å². The van der Waals surface area contributed by atoms with E-state index in [1.54, 1.807) is 38.0 Å². The van der Waals surface area contributed by atoms with Crippen molar-refractivity contribution in [2.24, 2.45) is 7.05 Å². The third-order valence-electron chi connectivity index (χ3n) is 2.55. The predicted molar refractivity (Wildman–Crippen MR) is 75.0 cm³/mol. The monoisotopic (exact) mass is 331 g/mol. The van der Waals surface area contributed by atoms with Crippen LogP contribution in [0.1, 0.15) is 10.5 Å². The molecular weight excluding hydrogens is 314 g/mol. The molecule has 1 N–H and O–H groups in total. The molecule has 1 aromatic rings. The van der Waals surface area contributed by atoms with E-state index >= 15 is 0 Å². The molecule has 1 aromatic heterocycles. The van der Waals surface area contributed by atoms with Gasteiger partial charge in [0.25, 0.3) is 5.91 Å². The maximum absolute atomic E-state index is 12.1. The fraction of sp³-hybridized carbons (Fsp3) is 0.500. The van der Waals surface area contributed by atoms with Crippen LogP contribution in [-0.4, -0.2) is 55.1 Å². The molecular formula is C12H18BrN3O3. The van der Waals surface area contributed by atoms with Gasteiger partial charge in [-0.25, -0.2) is 0 Å². The highest BCUT2D eigenvalue weighted by Crippen LogP contribution is 2.14. The quantitative estimate of drug-likeness (QED) is 0.777. The van der Waals surface area contributed by atoms with E-state index in [0.717, 1.165) is 4.47 Å². The number of hydrogen-bond donors (Lipinski definition) is 1. The highest BCUT2D eigenvalue weighted by Gasteiger charge is 2.17. The number of aromatic nitrogens is 1. The highest BCUT2D eigenvalue weighted by molar-refractivity contribution is 9.10. The number of rotatable bonds is 6. The second-order valence-electron chi connectivity index (χ2n) is 4.16. The van der Waals surface area contributed by atoms with Gasteiger partial charge in [-0.2, -0.15) is 0 Å². The third-order valence-corrected chi connectivity index (χ3v) is 2.98. The molecule has 1 heterocycles. The topological polar surface area (TPSA) is 63.6 Å². The van der Waals surface area contributed by atoms with E-state index in [1.165, 1.54) is 4.90 Å². The molecule has 0 aliphatic carbocycles. The zero-order valence-corrected chi connectivity index (χ0v) is 12.9. The van der Waals surface area contributed by atoms with Gasteiger partial charge in [0.2, 0.25) is 5.91 Å². The molecule has 0 saturated heterocycles. The first kappa shape index (κ1) is 15.7. The van der Waals surface area contributed by atoms with Crippen LogP contribution in [0.4, 0.5) is 0 Å². The number of aryl methyl sites for hydroxylation is 1. The van der Waals surface area contributed by atoms with Crippen LogP contribution in [0.15, 0.2) is 16.7 Å². The summed E-state index contributed by atoms with van der Waals surface area (Å²) in [4.78, 5) is 25.1. The Balaban J connectivity index is 2.53. The Kier molecular flexibility index (Phi) is 6.04. The minimum atomic E-state index is -0.207. The largest absolute Gasteiger partial charge is 0.383 e. The molecule has 0 aromatic carbocycles. The Morgan fingerprint density at radius 3 is 2.74 bits per heavy atom. The second-order valence-corrected chi connectivity index (χ2v) is 5.07. The Morgan fingerprint density at radius 1 is 1.53 bits per heavy atom. The van der Waals surface area contributed by atoms with Crippen molar-refractivity contribution in [1.29, 1.82) is 0 Å². The lowest BCUT2D eigenvalue weighted by Crippen LogP contribution is -2.39. The number of methoxy groups -OCH3 is 1. The summed E-state index contributed by atoms with van der Waals surface area (Å²) in [5.41, 5.74) is 0.527. The molecule has 6 nitrogen and oxygen atoms in total. The number of ether oxygens (including phenoxy) is 1. The molecule has 0 bridgehead atoms. The summed E-state index contributed by atoms with van der Waals surface area (Å²) in [6.07, 6.45) is 1.79. The van der Waals surface area contributed by atoms with Crippen LogP contribution in [0.2, 0.25) is 0 Å². The van der Waals surface area contributed by atoms with Gasteiger partial charge in [0.15, 0.2) is 0 Å². The molecule has 106 valence electrons. The molecule has 0 spiro atoms. The van der Waals surface area contributed by atoms with Crippen molar-refractivity contribution in [3.05, 3.63) is 22.4 Å². The smallest absolute Gasteiger partial charge is 0.270 e. The van der Waals surface area contributed by atoms with E-state index in [0.29, 0.717) is 18.8 Å². The van der Waals surface area contributed by atoms with Crippen molar-refractivity contribution in [3.63, 3.8) is 0 Å². The number of carbonyl (C=O) groups excluding carboxylic acids is 2. The minimum absolute atomic E-state index is 0.0192. The number of amides is 2. The standard InChI is InChI=1S/C12H18BrN3O3/c1-15-7-9(13)6-10(15)12(18)16(2)8-11(17)14-4-5-19-3/h6-7H,4-5,8H2,1-3H3,(H,14,17). The van der Waals surface area contributed by atoms with E-state index < -0.39 is 0 Å². The molecule has 7 heteroatoms. The zero-order valence-electron chi connectivity index (χ0n) is 11.3. The summed E-state index contributed by atoms with van der Waals surface area (Å²) in [6, 6.07) is 1.72. The Morgan fingerprint density at radius 2 is 2.21 bits per heavy atom. The van der Waals surface area contributed by atoms with Gasteiger partial charge >= 0.3 is 0 Å². The fourth-order valence-corrected chi connectivity index (χ4v) is 2.09. The van der Waals surface area contributed by atoms with Crippen LogP contribution in [0, 0.1) is 0 Å². The average molecular weight is 332 g/mol. The lowest BCUT2D eigenvalue weighted by atomic mass is 10.3. The maximum Gasteiger partial charge on any atom is 0.270 e. The number of nitrogens with zero attached hydrogens (tertiary/aromatic N) is 2. The van der Waals surface area contributed by atoms with Gasteiger partial charge in [0.1, 0.15) is 5.69 Å². The average Bonchev–Trinajstić information content (AvgIpc) is 2.67. The molecule has 2 amide bonds. The Labute approximate surface area is 120 Å². The normalized spacial score (nSPS) is 10.3. The number of likely N-dealkylation sites (N-methyl/N-ethyl adjacent to an activating group) is 1. The third kappa shape index (κ3) is 4.68. The van der Waals surface area contributed by atoms with Crippen LogP contribution in [-0.2, 0) is 16.6 Å². The van der Waals surface area contributed by atoms with E-state index in [1.807, 2.05) is 0 Å². The molecule has 0 radical (unpaired) electrons. The number of halogens is 1. The zero-order chi connectivity index (χ0) is 14.4. The first-order valence-corrected chi connectivity index (χ1v) is 6.58. The van der Waals surface area contributed by atoms with Crippen LogP contribution in [0.5, 0.6) is 0 Å². The van der Waals surface area contributed by atoms with Crippen molar-refractivity contribution in [3.8, 4) is 0 Å². The van der Waals surface area contributed by atoms with Crippen molar-refractivity contribution >= 4 is 27.7 Å². The van der Waals surface area contributed by atoms with Gasteiger partial charge in [-0.05, 0) is 22.0 Å². The molecule has 0 aliphatic heterocycles. The summed E-state index contributed by atoms with van der Waals surface area (Å²) in [7, 11) is 4.94. The molecule has 0 atom stereocenters. The SMILES string of the molecule is COCCNC(=O)CN(C)C(=O)c1cc(Br)cn1C. The maximum atomic E-state index is 12.1. The number of nitrogens with one attached hydrogen (secondary N) is 1. The van der Waals surface area contributed by atoms with Crippen LogP contribution in [0.25, 0.3) is 0 Å². The summed E-state index contributed by atoms with van der Waals surface area (Å²) in [5.74, 6) is -0.406. The van der Waals surface area contributed by atoms with Gasteiger partial charge in [0.05, 0.1) is 13.2 Å². The number of carbonyl (C=O) groups is 2. The molecule has 1 rings (SSSR count).